The minimum absolute atomic E-state index is 0.00452. The van der Waals surface area contributed by atoms with Crippen molar-refractivity contribution >= 4 is 98.8 Å². The molecule has 30 heteroatoms. The van der Waals surface area contributed by atoms with Gasteiger partial charge < -0.3 is 83.2 Å². The van der Waals surface area contributed by atoms with Crippen LogP contribution in [0.15, 0.2) is 91.1 Å². The first-order valence-corrected chi connectivity index (χ1v) is 36.1. The van der Waals surface area contributed by atoms with Crippen LogP contribution in [0, 0.1) is 29.6 Å². The van der Waals surface area contributed by atoms with Gasteiger partial charge in [-0.15, -0.1) is 0 Å². The second-order valence-electron chi connectivity index (χ2n) is 27.0. The van der Waals surface area contributed by atoms with Gasteiger partial charge in [-0.05, 0) is 152 Å². The highest BCUT2D eigenvalue weighted by molar-refractivity contribution is 6.00. The zero-order valence-electron chi connectivity index (χ0n) is 60.1. The summed E-state index contributed by atoms with van der Waals surface area (Å²) in [6, 6.07) is 17.3. The number of nitrogens with two attached hydrogens (primary N) is 9. The standard InChI is InChI=1S/C75H109N15O15/c1-45(91)56(27-31-70(84)100)86-71(101)49(25-29-68(82)98)40-63(93)58(20-10-32-76)88-73(103)51(37-47-16-6-3-7-17-47)42-65(95)60(22-12-34-78)90-75(105)52(38-53-44-85-57-19-9-8-18-54(53)57)43-66(96)61(23-13-35-79)89-74(104)50(36-46-14-4-2-5-15-46)41-64(94)59(21-11-33-77)87-72(102)48(24-28-67(81)97)39-62(92)55(80)26-30-69(83)99/h2-9,14-19,44,48-52,55-56,58-61,85H,10-13,20-43,76-80H2,1H3,(H2,81,97)(H2,82,98)(H2,83,99)(H2,84,100)(H,86,101)(H,87,102)(H,88,103)(H,89,104)(H,90,105)/t48-,49-,50-,51-,52-,55+,56+,58+,59+,60+,61+/m1/s1. The number of carbonyl (C=O) groups is 15. The number of para-hydroxylation sites is 1. The van der Waals surface area contributed by atoms with E-state index >= 15 is 14.4 Å². The minimum Gasteiger partial charge on any atom is -0.370 e. The van der Waals surface area contributed by atoms with Crippen LogP contribution in [0.2, 0.25) is 0 Å². The van der Waals surface area contributed by atoms with E-state index in [9.17, 15) is 57.5 Å². The molecule has 574 valence electrons. The van der Waals surface area contributed by atoms with Gasteiger partial charge in [0.2, 0.25) is 53.2 Å². The van der Waals surface area contributed by atoms with Gasteiger partial charge in [0.05, 0.1) is 36.3 Å². The quantitative estimate of drug-likeness (QED) is 0.0285. The van der Waals surface area contributed by atoms with E-state index in [-0.39, 0.29) is 148 Å². The first-order valence-electron chi connectivity index (χ1n) is 36.1. The Kier molecular flexibility index (Phi) is 39.1. The summed E-state index contributed by atoms with van der Waals surface area (Å²) in [7, 11) is 0. The SMILES string of the molecule is CC(=O)[C@H](CCC(N)=O)NC(=O)[C@H](CCC(N)=O)CC(=O)[C@H](CCCN)NC(=O)[C@@H](CC(=O)[C@H](CCCN)NC(=O)[C@@H](CC(=O)[C@H](CCCN)NC(=O)[C@@H](CC(=O)[C@H](CCCN)NC(=O)[C@H](CCC(N)=O)CC(=O)[C@@H](N)CCC(N)=O)Cc1ccccc1)Cc1c[nH]c2ccccc12)Cc1ccccc1. The molecule has 0 radical (unpaired) electrons. The van der Waals surface area contributed by atoms with E-state index in [1.165, 1.54) is 6.92 Å². The average molecular weight is 1460 g/mol. The van der Waals surface area contributed by atoms with Gasteiger partial charge in [0.15, 0.2) is 28.9 Å². The number of aromatic amines is 1. The predicted octanol–water partition coefficient (Wildman–Crippen LogP) is 0.431. The predicted molar refractivity (Wildman–Crippen MR) is 393 cm³/mol. The molecule has 1 heterocycles. The molecule has 0 aliphatic heterocycles. The minimum atomic E-state index is -1.29. The van der Waals surface area contributed by atoms with Crippen molar-refractivity contribution in [2.75, 3.05) is 26.2 Å². The van der Waals surface area contributed by atoms with Gasteiger partial charge in [-0.3, -0.25) is 71.9 Å². The molecule has 0 bridgehead atoms. The molecule has 4 aromatic rings. The van der Waals surface area contributed by atoms with E-state index in [0.717, 1.165) is 10.9 Å². The fourth-order valence-corrected chi connectivity index (χ4v) is 12.5. The van der Waals surface area contributed by atoms with E-state index < -0.39 is 186 Å². The van der Waals surface area contributed by atoms with Crippen molar-refractivity contribution in [1.29, 1.82) is 0 Å². The number of amides is 9. The Morgan fingerprint density at radius 2 is 0.657 bits per heavy atom. The summed E-state index contributed by atoms with van der Waals surface area (Å²) in [4.78, 5) is 208. The number of hydrogen-bond donors (Lipinski definition) is 15. The van der Waals surface area contributed by atoms with Gasteiger partial charge in [-0.1, -0.05) is 78.9 Å². The maximum atomic E-state index is 15.3. The van der Waals surface area contributed by atoms with Crippen LogP contribution >= 0.6 is 0 Å². The number of nitrogens with one attached hydrogen (secondary N) is 6. The number of aromatic nitrogens is 1. The van der Waals surface area contributed by atoms with Crippen LogP contribution in [0.1, 0.15) is 158 Å². The number of fused-ring (bicyclic) bond motifs is 1. The molecule has 0 fully saturated rings. The highest BCUT2D eigenvalue weighted by Gasteiger charge is 2.38. The summed E-state index contributed by atoms with van der Waals surface area (Å²) in [5.41, 5.74) is 54.1. The summed E-state index contributed by atoms with van der Waals surface area (Å²) in [5.74, 6) is -16.2. The molecule has 11 atom stereocenters. The Hall–Kier alpha value is -9.75. The number of benzene rings is 3. The molecule has 0 saturated heterocycles. The zero-order valence-corrected chi connectivity index (χ0v) is 60.1. The van der Waals surface area contributed by atoms with Gasteiger partial charge >= 0.3 is 0 Å². The molecule has 0 saturated carbocycles. The lowest BCUT2D eigenvalue weighted by Gasteiger charge is -2.27. The normalized spacial score (nSPS) is 14.4. The molecular weight excluding hydrogens is 1350 g/mol. The fraction of sp³-hybridized carbons (Fsp3) is 0.533. The molecule has 0 unspecified atom stereocenters. The van der Waals surface area contributed by atoms with Crippen molar-refractivity contribution in [3.63, 3.8) is 0 Å². The number of hydrogen-bond acceptors (Lipinski definition) is 20. The van der Waals surface area contributed by atoms with Crippen molar-refractivity contribution in [2.45, 2.75) is 197 Å². The highest BCUT2D eigenvalue weighted by Crippen LogP contribution is 2.27. The number of H-pyrrole nitrogens is 1. The van der Waals surface area contributed by atoms with Crippen molar-refractivity contribution in [1.82, 2.24) is 31.6 Å². The van der Waals surface area contributed by atoms with Gasteiger partial charge in [-0.2, -0.15) is 0 Å². The topological polar surface area (TPSA) is 566 Å². The molecule has 9 amide bonds. The van der Waals surface area contributed by atoms with Gasteiger partial charge in [0.1, 0.15) is 5.78 Å². The van der Waals surface area contributed by atoms with E-state index in [4.69, 9.17) is 51.6 Å². The molecule has 0 aliphatic carbocycles. The second kappa shape index (κ2) is 46.9. The summed E-state index contributed by atoms with van der Waals surface area (Å²) in [6.07, 6.45) is -1.66. The van der Waals surface area contributed by atoms with Crippen molar-refractivity contribution in [3.05, 3.63) is 108 Å². The number of primary amides is 4. The molecule has 24 N–H and O–H groups in total. The lowest BCUT2D eigenvalue weighted by Crippen LogP contribution is -2.49. The van der Waals surface area contributed by atoms with E-state index in [1.54, 1.807) is 72.9 Å². The van der Waals surface area contributed by atoms with E-state index in [0.29, 0.717) is 16.7 Å². The largest absolute Gasteiger partial charge is 0.370 e. The first-order chi connectivity index (χ1) is 50.1. The van der Waals surface area contributed by atoms with Crippen LogP contribution in [0.5, 0.6) is 0 Å². The summed E-state index contributed by atoms with van der Waals surface area (Å²) in [5, 5.41) is 14.6. The maximum absolute atomic E-state index is 15.3. The third-order valence-electron chi connectivity index (χ3n) is 18.6. The Labute approximate surface area is 612 Å². The smallest absolute Gasteiger partial charge is 0.224 e. The number of ketones is 6. The van der Waals surface area contributed by atoms with E-state index in [1.807, 2.05) is 18.2 Å². The van der Waals surface area contributed by atoms with Gasteiger partial charge in [-0.25, -0.2) is 0 Å². The van der Waals surface area contributed by atoms with Crippen molar-refractivity contribution in [2.24, 2.45) is 81.2 Å². The van der Waals surface area contributed by atoms with Crippen LogP contribution in [-0.2, 0) is 91.2 Å². The van der Waals surface area contributed by atoms with Crippen LogP contribution in [0.3, 0.4) is 0 Å². The van der Waals surface area contributed by atoms with Crippen LogP contribution in [0.4, 0.5) is 0 Å². The molecule has 4 rings (SSSR count). The lowest BCUT2D eigenvalue weighted by molar-refractivity contribution is -0.136. The third-order valence-corrected chi connectivity index (χ3v) is 18.6. The number of Topliss-reactive ketones (excluding diaryl/α,β-unsaturated/α-hetero) is 6. The summed E-state index contributed by atoms with van der Waals surface area (Å²) < 4.78 is 0. The van der Waals surface area contributed by atoms with E-state index in [2.05, 4.69) is 31.6 Å². The molecular formula is C75H109N15O15. The fourth-order valence-electron chi connectivity index (χ4n) is 12.5. The molecule has 3 aromatic carbocycles. The maximum Gasteiger partial charge on any atom is 0.224 e. The van der Waals surface area contributed by atoms with Gasteiger partial charge in [0.25, 0.3) is 0 Å². The number of rotatable bonds is 56. The Bertz CT molecular complexity index is 3570. The second-order valence-corrected chi connectivity index (χ2v) is 27.0. The number of carbonyl (C=O) groups excluding carboxylic acids is 15. The summed E-state index contributed by atoms with van der Waals surface area (Å²) >= 11 is 0. The summed E-state index contributed by atoms with van der Waals surface area (Å²) in [6.45, 7) is 1.56. The third kappa shape index (κ3) is 32.0. The van der Waals surface area contributed by atoms with Crippen LogP contribution < -0.4 is 78.2 Å². The monoisotopic (exact) mass is 1460 g/mol. The Morgan fingerprint density at radius 3 is 1.02 bits per heavy atom. The molecule has 30 nitrogen and oxygen atoms in total. The van der Waals surface area contributed by atoms with Crippen molar-refractivity contribution in [3.8, 4) is 0 Å². The average Bonchev–Trinajstić information content (AvgIpc) is 1.76. The van der Waals surface area contributed by atoms with Crippen molar-refractivity contribution < 1.29 is 71.9 Å². The molecule has 0 spiro atoms. The van der Waals surface area contributed by atoms with Crippen LogP contribution in [0.25, 0.3) is 10.9 Å². The van der Waals surface area contributed by atoms with Crippen LogP contribution in [-0.4, -0.2) is 155 Å². The highest BCUT2D eigenvalue weighted by atomic mass is 16.2. The van der Waals surface area contributed by atoms with Gasteiger partial charge in [0, 0.05) is 104 Å². The first kappa shape index (κ1) is 87.7. The zero-order chi connectivity index (χ0) is 77.5. The lowest BCUT2D eigenvalue weighted by atomic mass is 9.87. The Balaban J connectivity index is 1.71. The molecule has 0 aliphatic rings. The molecule has 105 heavy (non-hydrogen) atoms. The Morgan fingerprint density at radius 1 is 0.352 bits per heavy atom. The molecule has 1 aromatic heterocycles.